The molecule has 0 radical (unpaired) electrons. The maximum absolute atomic E-state index is 12.7. The number of unbranched alkanes of at least 4 members (excludes halogenated alkanes) is 2. The summed E-state index contributed by atoms with van der Waals surface area (Å²) < 4.78 is 1.53. The number of allylic oxidation sites excluding steroid dienone is 1. The number of benzene rings is 1. The van der Waals surface area contributed by atoms with Gasteiger partial charge in [-0.25, -0.2) is 9.79 Å². The fourth-order valence-electron chi connectivity index (χ4n) is 5.43. The second-order valence-electron chi connectivity index (χ2n) is 10.6. The molecule has 41 heavy (non-hydrogen) atoms. The molecule has 0 saturated carbocycles. The molecule has 1 aromatic carbocycles. The minimum atomic E-state index is -1.19. The molecule has 1 fully saturated rings. The third-order valence-electron chi connectivity index (χ3n) is 7.83. The van der Waals surface area contributed by atoms with Gasteiger partial charge in [-0.15, -0.1) is 0 Å². The van der Waals surface area contributed by atoms with Crippen molar-refractivity contribution < 1.29 is 14.7 Å². The summed E-state index contributed by atoms with van der Waals surface area (Å²) >= 11 is 0. The number of carboxylic acids is 1. The molecule has 2 aromatic rings. The normalized spacial score (nSPS) is 16.2. The van der Waals surface area contributed by atoms with Crippen LogP contribution in [0.5, 0.6) is 0 Å². The molecule has 0 unspecified atom stereocenters. The summed E-state index contributed by atoms with van der Waals surface area (Å²) in [6, 6.07) is 7.59. The summed E-state index contributed by atoms with van der Waals surface area (Å²) in [5.74, 6) is -0.222. The number of nitrogen functional groups attached to an aromatic ring is 1. The molecule has 0 spiro atoms. The highest BCUT2D eigenvalue weighted by Gasteiger charge is 2.30. The fourth-order valence-corrected chi connectivity index (χ4v) is 5.43. The van der Waals surface area contributed by atoms with Crippen LogP contribution in [-0.2, 0) is 22.6 Å². The van der Waals surface area contributed by atoms with E-state index < -0.39 is 5.97 Å². The van der Waals surface area contributed by atoms with Crippen LogP contribution >= 0.6 is 0 Å². The Morgan fingerprint density at radius 3 is 2.41 bits per heavy atom. The van der Waals surface area contributed by atoms with Gasteiger partial charge in [0.1, 0.15) is 17.2 Å². The smallest absolute Gasteiger partial charge is 0.341 e. The number of carbonyl (C=O) groups is 2. The van der Waals surface area contributed by atoms with Gasteiger partial charge in [0.15, 0.2) is 5.78 Å². The largest absolute Gasteiger partial charge is 0.477 e. The number of nitrogens with one attached hydrogen (secondary N) is 1. The molecule has 2 aliphatic heterocycles. The number of rotatable bonds is 11. The van der Waals surface area contributed by atoms with Crippen molar-refractivity contribution in [3.63, 3.8) is 0 Å². The van der Waals surface area contributed by atoms with E-state index in [0.29, 0.717) is 30.3 Å². The second-order valence-corrected chi connectivity index (χ2v) is 10.6. The Balaban J connectivity index is 1.21. The minimum Gasteiger partial charge on any atom is -0.477 e. The van der Waals surface area contributed by atoms with E-state index in [4.69, 9.17) is 5.73 Å². The third-order valence-corrected chi connectivity index (χ3v) is 7.83. The number of ketones is 1. The van der Waals surface area contributed by atoms with E-state index in [1.54, 1.807) is 0 Å². The molecule has 4 rings (SSSR count). The molecule has 0 atom stereocenters. The number of aromatic nitrogens is 2. The first-order valence-corrected chi connectivity index (χ1v) is 14.5. The molecule has 3 heterocycles. The monoisotopic (exact) mass is 563 g/mol. The van der Waals surface area contributed by atoms with E-state index in [2.05, 4.69) is 51.1 Å². The number of aryl methyl sites for hydroxylation is 2. The van der Waals surface area contributed by atoms with Crippen LogP contribution in [0.25, 0.3) is 0 Å². The molecular weight excluding hydrogens is 522 g/mol. The lowest BCUT2D eigenvalue weighted by atomic mass is 10.0. The zero-order valence-corrected chi connectivity index (χ0v) is 24.3. The number of nitrogens with two attached hydrogens (primary N) is 1. The topological polar surface area (TPSA) is 146 Å². The fraction of sp³-hybridized carbons (Fsp3) is 0.500. The first-order valence-electron chi connectivity index (χ1n) is 14.5. The quantitative estimate of drug-likeness (QED) is 0.277. The number of Topliss-reactive ketones (excluding diaryl/α,β-unsaturated/α-hetero) is 1. The van der Waals surface area contributed by atoms with Gasteiger partial charge < -0.3 is 21.1 Å². The Morgan fingerprint density at radius 2 is 1.76 bits per heavy atom. The zero-order valence-electron chi connectivity index (χ0n) is 24.3. The first-order chi connectivity index (χ1) is 19.7. The van der Waals surface area contributed by atoms with Gasteiger partial charge >= 0.3 is 5.97 Å². The summed E-state index contributed by atoms with van der Waals surface area (Å²) in [6.45, 7) is 10.7. The number of hydrogen-bond donors (Lipinski definition) is 3. The van der Waals surface area contributed by atoms with Crippen LogP contribution in [0.3, 0.4) is 0 Å². The highest BCUT2D eigenvalue weighted by molar-refractivity contribution is 6.23. The van der Waals surface area contributed by atoms with Gasteiger partial charge in [0, 0.05) is 44.5 Å². The SMILES string of the molecule is CCC1=C(C(=O)O)C(=O)CC(N2CCN(CCCCCn3c(N)nc(Nc4ccc(C)c(CC)c4)cc3=O)CC2)=N1. The van der Waals surface area contributed by atoms with E-state index in [9.17, 15) is 19.5 Å². The summed E-state index contributed by atoms with van der Waals surface area (Å²) in [4.78, 5) is 50.0. The number of carboxylic acid groups (broad SMARTS) is 1. The van der Waals surface area contributed by atoms with Crippen LogP contribution < -0.4 is 16.6 Å². The Labute approximate surface area is 240 Å². The van der Waals surface area contributed by atoms with Gasteiger partial charge in [-0.05, 0) is 62.4 Å². The summed E-state index contributed by atoms with van der Waals surface area (Å²) in [5, 5.41) is 12.5. The maximum Gasteiger partial charge on any atom is 0.341 e. The number of nitrogens with zero attached hydrogens (tertiary/aromatic N) is 5. The molecule has 0 aliphatic carbocycles. The second kappa shape index (κ2) is 13.6. The van der Waals surface area contributed by atoms with Crippen molar-refractivity contribution in [1.29, 1.82) is 0 Å². The van der Waals surface area contributed by atoms with Crippen LogP contribution in [0.2, 0.25) is 0 Å². The molecule has 11 heteroatoms. The van der Waals surface area contributed by atoms with Crippen molar-refractivity contribution in [2.45, 2.75) is 65.8 Å². The predicted molar refractivity (Wildman–Crippen MR) is 161 cm³/mol. The van der Waals surface area contributed by atoms with Gasteiger partial charge in [0.05, 0.1) is 12.1 Å². The van der Waals surface area contributed by atoms with Crippen LogP contribution in [-0.4, -0.2) is 74.8 Å². The highest BCUT2D eigenvalue weighted by Crippen LogP contribution is 2.22. The van der Waals surface area contributed by atoms with Gasteiger partial charge in [0.25, 0.3) is 5.56 Å². The molecular formula is C30H41N7O4. The van der Waals surface area contributed by atoms with E-state index in [1.165, 1.54) is 21.8 Å². The number of hydrogen-bond acceptors (Lipinski definition) is 9. The molecule has 1 aromatic heterocycles. The summed E-state index contributed by atoms with van der Waals surface area (Å²) in [5.41, 5.74) is 9.53. The predicted octanol–water partition coefficient (Wildman–Crippen LogP) is 3.35. The van der Waals surface area contributed by atoms with Crippen LogP contribution in [0.4, 0.5) is 17.5 Å². The van der Waals surface area contributed by atoms with Crippen molar-refractivity contribution in [3.8, 4) is 0 Å². The lowest BCUT2D eigenvalue weighted by Crippen LogP contribution is -2.49. The van der Waals surface area contributed by atoms with Crippen LogP contribution in [0.15, 0.2) is 45.3 Å². The standard InChI is InChI=1S/C30H41N7O4/c1-4-21-17-22(10-9-20(21)3)32-25-19-27(39)37(30(31)34-25)12-8-6-7-11-35-13-15-36(16-14-35)26-18-24(38)28(29(40)41)23(5-2)33-26/h9-10,17,19,32H,4-8,11-16,18H2,1-3H3,(H2,31,34)(H,40,41). The molecule has 1 saturated heterocycles. The lowest BCUT2D eigenvalue weighted by molar-refractivity contribution is -0.134. The average Bonchev–Trinajstić information content (AvgIpc) is 2.94. The highest BCUT2D eigenvalue weighted by atomic mass is 16.4. The van der Waals surface area contributed by atoms with Crippen molar-refractivity contribution in [3.05, 3.63) is 57.0 Å². The van der Waals surface area contributed by atoms with E-state index >= 15 is 0 Å². The summed E-state index contributed by atoms with van der Waals surface area (Å²) in [6.07, 6.45) is 4.18. The molecule has 2 aliphatic rings. The first kappa shape index (κ1) is 30.0. The number of aliphatic carboxylic acids is 1. The number of anilines is 3. The van der Waals surface area contributed by atoms with Crippen LogP contribution in [0, 0.1) is 6.92 Å². The maximum atomic E-state index is 12.7. The Morgan fingerprint density at radius 1 is 1.02 bits per heavy atom. The molecule has 11 nitrogen and oxygen atoms in total. The van der Waals surface area contributed by atoms with E-state index in [1.807, 2.05) is 13.0 Å². The van der Waals surface area contributed by atoms with E-state index in [0.717, 1.165) is 64.1 Å². The van der Waals surface area contributed by atoms with Gasteiger partial charge in [0.2, 0.25) is 5.95 Å². The Bertz CT molecular complexity index is 1400. The molecule has 0 bridgehead atoms. The van der Waals surface area contributed by atoms with Gasteiger partial charge in [-0.1, -0.05) is 26.3 Å². The average molecular weight is 564 g/mol. The minimum absolute atomic E-state index is 0.0469. The molecule has 0 amide bonds. The zero-order chi connectivity index (χ0) is 29.5. The van der Waals surface area contributed by atoms with Crippen molar-refractivity contribution >= 4 is 35.0 Å². The van der Waals surface area contributed by atoms with Crippen molar-refractivity contribution in [2.24, 2.45) is 4.99 Å². The van der Waals surface area contributed by atoms with Gasteiger partial charge in [-0.2, -0.15) is 4.98 Å². The number of piperazine rings is 1. The van der Waals surface area contributed by atoms with Crippen LogP contribution in [0.1, 0.15) is 57.1 Å². The number of carbonyl (C=O) groups excluding carboxylic acids is 1. The van der Waals surface area contributed by atoms with E-state index in [-0.39, 0.29) is 29.3 Å². The molecule has 4 N–H and O–H groups in total. The summed E-state index contributed by atoms with van der Waals surface area (Å²) in [7, 11) is 0. The van der Waals surface area contributed by atoms with Gasteiger partial charge in [-0.3, -0.25) is 19.1 Å². The third kappa shape index (κ3) is 7.40. The molecule has 220 valence electrons. The Hall–Kier alpha value is -3.99. The number of amidine groups is 1. The van der Waals surface area contributed by atoms with Crippen molar-refractivity contribution in [2.75, 3.05) is 43.8 Å². The Kier molecular flexibility index (Phi) is 9.93. The number of aliphatic imine (C=N–C) groups is 1. The van der Waals surface area contributed by atoms with Crippen molar-refractivity contribution in [1.82, 2.24) is 19.4 Å². The lowest BCUT2D eigenvalue weighted by Gasteiger charge is -2.37.